The van der Waals surface area contributed by atoms with Crippen LogP contribution in [0.2, 0.25) is 0 Å². The quantitative estimate of drug-likeness (QED) is 0.557. The van der Waals surface area contributed by atoms with Crippen LogP contribution in [-0.4, -0.2) is 25.8 Å². The molecule has 5 heteroatoms. The third-order valence-electron chi connectivity index (χ3n) is 6.82. The smallest absolute Gasteiger partial charge is 0.224 e. The predicted molar refractivity (Wildman–Crippen MR) is 137 cm³/mol. The largest absolute Gasteiger partial charge is 0.378 e. The van der Waals surface area contributed by atoms with Gasteiger partial charge in [0.2, 0.25) is 5.91 Å². The van der Waals surface area contributed by atoms with Gasteiger partial charge in [0.05, 0.1) is 17.4 Å². The summed E-state index contributed by atoms with van der Waals surface area (Å²) in [4.78, 5) is 30.6. The molecule has 2 atom stereocenters. The number of carbonyl (C=O) groups is 2. The summed E-state index contributed by atoms with van der Waals surface area (Å²) in [6.07, 6.45) is 1.14. The summed E-state index contributed by atoms with van der Waals surface area (Å²) in [7, 11) is 4.04. The molecule has 0 bridgehead atoms. The number of fused-ring (bicyclic) bond motifs is 1. The molecule has 0 saturated carbocycles. The van der Waals surface area contributed by atoms with Gasteiger partial charge < -0.3 is 10.2 Å². The second-order valence-electron chi connectivity index (χ2n) is 9.25. The number of para-hydroxylation sites is 2. The molecule has 1 heterocycles. The van der Waals surface area contributed by atoms with Crippen LogP contribution < -0.4 is 15.1 Å². The molecule has 0 saturated heterocycles. The minimum Gasteiger partial charge on any atom is -0.378 e. The van der Waals surface area contributed by atoms with Gasteiger partial charge in [-0.15, -0.1) is 0 Å². The molecule has 1 aliphatic carbocycles. The second-order valence-corrected chi connectivity index (χ2v) is 9.25. The van der Waals surface area contributed by atoms with Crippen molar-refractivity contribution < 1.29 is 9.59 Å². The highest BCUT2D eigenvalue weighted by atomic mass is 16.2. The van der Waals surface area contributed by atoms with E-state index in [9.17, 15) is 9.59 Å². The van der Waals surface area contributed by atoms with E-state index in [1.54, 1.807) is 11.8 Å². The van der Waals surface area contributed by atoms with Crippen LogP contribution in [0.15, 0.2) is 90.1 Å². The lowest BCUT2D eigenvalue weighted by molar-refractivity contribution is -0.117. The number of hydrogen-bond donors (Lipinski definition) is 1. The average molecular weight is 452 g/mol. The SMILES string of the molecule is CC(=O)N1c2ccccc2NC2=C(C(=O)CC(c3ccc(N(C)C)cc3)C2)C1c1ccccc1. The molecular formula is C29H29N3O2. The molecule has 2 aliphatic rings. The van der Waals surface area contributed by atoms with Gasteiger partial charge in [0, 0.05) is 44.4 Å². The summed E-state index contributed by atoms with van der Waals surface area (Å²) in [5, 5.41) is 3.56. The minimum atomic E-state index is -0.464. The van der Waals surface area contributed by atoms with E-state index in [4.69, 9.17) is 0 Å². The first-order valence-electron chi connectivity index (χ1n) is 11.7. The number of hydrogen-bond acceptors (Lipinski definition) is 4. The zero-order valence-electron chi connectivity index (χ0n) is 19.8. The molecule has 3 aromatic rings. The van der Waals surface area contributed by atoms with E-state index in [1.807, 2.05) is 68.7 Å². The topological polar surface area (TPSA) is 52.7 Å². The number of amides is 1. The number of carbonyl (C=O) groups excluding carboxylic acids is 2. The molecule has 0 aromatic heterocycles. The van der Waals surface area contributed by atoms with Crippen LogP contribution in [0.25, 0.3) is 0 Å². The van der Waals surface area contributed by atoms with Crippen molar-refractivity contribution in [2.24, 2.45) is 0 Å². The van der Waals surface area contributed by atoms with Gasteiger partial charge in [0.1, 0.15) is 0 Å². The first-order chi connectivity index (χ1) is 16.4. The summed E-state index contributed by atoms with van der Waals surface area (Å²) >= 11 is 0. The van der Waals surface area contributed by atoms with Gasteiger partial charge >= 0.3 is 0 Å². The molecule has 1 N–H and O–H groups in total. The van der Waals surface area contributed by atoms with Gasteiger partial charge in [-0.2, -0.15) is 0 Å². The van der Waals surface area contributed by atoms with Crippen LogP contribution in [0.3, 0.4) is 0 Å². The van der Waals surface area contributed by atoms with Crippen LogP contribution in [0.5, 0.6) is 0 Å². The van der Waals surface area contributed by atoms with Crippen molar-refractivity contribution in [3.05, 3.63) is 101 Å². The molecule has 34 heavy (non-hydrogen) atoms. The van der Waals surface area contributed by atoms with Gasteiger partial charge in [-0.05, 0) is 47.7 Å². The molecule has 0 fully saturated rings. The maximum absolute atomic E-state index is 13.8. The number of nitrogens with zero attached hydrogens (tertiary/aromatic N) is 2. The Labute approximate surface area is 200 Å². The Hall–Kier alpha value is -3.86. The first-order valence-corrected chi connectivity index (χ1v) is 11.7. The number of allylic oxidation sites excluding steroid dienone is 1. The van der Waals surface area contributed by atoms with Crippen molar-refractivity contribution in [3.8, 4) is 0 Å². The Morgan fingerprint density at radius 3 is 2.24 bits per heavy atom. The van der Waals surface area contributed by atoms with E-state index >= 15 is 0 Å². The Balaban J connectivity index is 1.64. The highest BCUT2D eigenvalue weighted by molar-refractivity contribution is 6.06. The van der Waals surface area contributed by atoms with Crippen molar-refractivity contribution in [1.82, 2.24) is 0 Å². The molecule has 0 radical (unpaired) electrons. The van der Waals surface area contributed by atoms with Gasteiger partial charge in [0.25, 0.3) is 0 Å². The number of anilines is 3. The number of benzene rings is 3. The van der Waals surface area contributed by atoms with Crippen molar-refractivity contribution in [2.75, 3.05) is 29.2 Å². The maximum atomic E-state index is 13.8. The zero-order valence-corrected chi connectivity index (χ0v) is 19.8. The maximum Gasteiger partial charge on any atom is 0.224 e. The van der Waals surface area contributed by atoms with E-state index in [1.165, 1.54) is 0 Å². The summed E-state index contributed by atoms with van der Waals surface area (Å²) in [5.41, 5.74) is 6.46. The third kappa shape index (κ3) is 3.87. The van der Waals surface area contributed by atoms with E-state index in [2.05, 4.69) is 34.5 Å². The molecule has 172 valence electrons. The summed E-state index contributed by atoms with van der Waals surface area (Å²) in [6.45, 7) is 1.57. The number of rotatable bonds is 3. The van der Waals surface area contributed by atoms with E-state index in [0.29, 0.717) is 18.4 Å². The predicted octanol–water partition coefficient (Wildman–Crippen LogP) is 5.67. The normalized spacial score (nSPS) is 19.6. The van der Waals surface area contributed by atoms with Gasteiger partial charge in [-0.3, -0.25) is 14.5 Å². The van der Waals surface area contributed by atoms with Crippen LogP contribution in [0.1, 0.15) is 42.9 Å². The zero-order chi connectivity index (χ0) is 23.8. The minimum absolute atomic E-state index is 0.0856. The van der Waals surface area contributed by atoms with Crippen molar-refractivity contribution in [1.29, 1.82) is 0 Å². The molecule has 1 amide bonds. The number of ketones is 1. The summed E-state index contributed by atoms with van der Waals surface area (Å²) in [6, 6.07) is 25.7. The highest BCUT2D eigenvalue weighted by Gasteiger charge is 2.40. The lowest BCUT2D eigenvalue weighted by Crippen LogP contribution is -2.37. The van der Waals surface area contributed by atoms with Crippen LogP contribution in [0.4, 0.5) is 17.1 Å². The lowest BCUT2D eigenvalue weighted by Gasteiger charge is -2.34. The molecule has 3 aromatic carbocycles. The van der Waals surface area contributed by atoms with Crippen molar-refractivity contribution in [3.63, 3.8) is 0 Å². The monoisotopic (exact) mass is 451 g/mol. The first kappa shape index (κ1) is 22.0. The molecule has 5 nitrogen and oxygen atoms in total. The molecule has 5 rings (SSSR count). The fraction of sp³-hybridized carbons (Fsp3) is 0.241. The van der Waals surface area contributed by atoms with Crippen molar-refractivity contribution in [2.45, 2.75) is 31.7 Å². The lowest BCUT2D eigenvalue weighted by atomic mass is 9.78. The van der Waals surface area contributed by atoms with Crippen LogP contribution >= 0.6 is 0 Å². The van der Waals surface area contributed by atoms with E-state index in [-0.39, 0.29) is 17.6 Å². The number of nitrogens with one attached hydrogen (secondary N) is 1. The molecule has 0 spiro atoms. The van der Waals surface area contributed by atoms with Crippen LogP contribution in [0, 0.1) is 0 Å². The van der Waals surface area contributed by atoms with Crippen molar-refractivity contribution >= 4 is 28.8 Å². The van der Waals surface area contributed by atoms with E-state index in [0.717, 1.165) is 33.9 Å². The fourth-order valence-corrected chi connectivity index (χ4v) is 5.17. The molecule has 2 unspecified atom stereocenters. The highest BCUT2D eigenvalue weighted by Crippen LogP contribution is 2.47. The summed E-state index contributed by atoms with van der Waals surface area (Å²) < 4.78 is 0. The Morgan fingerprint density at radius 1 is 0.882 bits per heavy atom. The van der Waals surface area contributed by atoms with E-state index < -0.39 is 6.04 Å². The van der Waals surface area contributed by atoms with Gasteiger partial charge in [-0.25, -0.2) is 0 Å². The third-order valence-corrected chi connectivity index (χ3v) is 6.82. The second kappa shape index (κ2) is 8.82. The molecule has 1 aliphatic heterocycles. The van der Waals surface area contributed by atoms with Gasteiger partial charge in [-0.1, -0.05) is 54.6 Å². The fourth-order valence-electron chi connectivity index (χ4n) is 5.17. The number of Topliss-reactive ketones (excluding diaryl/α,β-unsaturated/α-hetero) is 1. The Bertz CT molecular complexity index is 1260. The summed E-state index contributed by atoms with van der Waals surface area (Å²) in [5.74, 6) is 0.0804. The Kier molecular flexibility index (Phi) is 5.70. The Morgan fingerprint density at radius 2 is 1.56 bits per heavy atom. The van der Waals surface area contributed by atoms with Crippen LogP contribution in [-0.2, 0) is 9.59 Å². The average Bonchev–Trinajstić information content (AvgIpc) is 2.99. The molecular weight excluding hydrogens is 422 g/mol. The standard InChI is InChI=1S/C29H29N3O2/c1-19(33)32-26-12-8-7-11-24(26)30-25-17-22(20-13-15-23(16-14-20)31(2)3)18-27(34)28(25)29(32)21-9-5-4-6-10-21/h4-16,22,29-30H,17-18H2,1-3H3. The van der Waals surface area contributed by atoms with Gasteiger partial charge in [0.15, 0.2) is 5.78 Å².